The second-order valence-electron chi connectivity index (χ2n) is 5.39. The summed E-state index contributed by atoms with van der Waals surface area (Å²) in [5.74, 6) is 2.15. The van der Waals surface area contributed by atoms with Crippen molar-refractivity contribution in [3.8, 4) is 0 Å². The molecule has 0 unspecified atom stereocenters. The summed E-state index contributed by atoms with van der Waals surface area (Å²) in [6.07, 6.45) is 2.70. The Bertz CT molecular complexity index is 401. The van der Waals surface area contributed by atoms with Crippen molar-refractivity contribution in [2.45, 2.75) is 38.5 Å². The van der Waals surface area contributed by atoms with Gasteiger partial charge in [0.15, 0.2) is 0 Å². The van der Waals surface area contributed by atoms with Crippen LogP contribution in [0.25, 0.3) is 0 Å². The Labute approximate surface area is 115 Å². The molecular weight excluding hydrogens is 238 g/mol. The molecule has 0 radical (unpaired) electrons. The van der Waals surface area contributed by atoms with Gasteiger partial charge in [-0.25, -0.2) is 0 Å². The van der Waals surface area contributed by atoms with Crippen molar-refractivity contribution in [3.63, 3.8) is 0 Å². The van der Waals surface area contributed by atoms with Gasteiger partial charge in [0, 0.05) is 24.1 Å². The van der Waals surface area contributed by atoms with E-state index < -0.39 is 0 Å². The maximum Gasteiger partial charge on any atom is 0.0187 e. The second-order valence-corrected chi connectivity index (χ2v) is 6.38. The molecule has 1 aromatic rings. The Morgan fingerprint density at radius 2 is 1.94 bits per heavy atom. The van der Waals surface area contributed by atoms with E-state index in [-0.39, 0.29) is 0 Å². The van der Waals surface area contributed by atoms with Crippen molar-refractivity contribution in [3.05, 3.63) is 47.0 Å². The molecule has 1 aliphatic rings. The van der Waals surface area contributed by atoms with E-state index in [1.165, 1.54) is 35.1 Å². The zero-order valence-corrected chi connectivity index (χ0v) is 12.3. The third kappa shape index (κ3) is 4.87. The summed E-state index contributed by atoms with van der Waals surface area (Å²) in [6, 6.07) is 7.58. The molecule has 0 spiro atoms. The number of nitrogens with one attached hydrogen (secondary N) is 1. The van der Waals surface area contributed by atoms with Crippen molar-refractivity contribution in [1.82, 2.24) is 5.32 Å². The molecule has 1 aromatic carbocycles. The third-order valence-electron chi connectivity index (χ3n) is 3.07. The highest BCUT2D eigenvalue weighted by molar-refractivity contribution is 7.98. The lowest BCUT2D eigenvalue weighted by Gasteiger charge is -2.08. The van der Waals surface area contributed by atoms with Crippen LogP contribution in [0.3, 0.4) is 0 Å². The Morgan fingerprint density at radius 3 is 2.56 bits per heavy atom. The van der Waals surface area contributed by atoms with Gasteiger partial charge in [-0.3, -0.25) is 0 Å². The third-order valence-corrected chi connectivity index (χ3v) is 4.22. The van der Waals surface area contributed by atoms with Crippen LogP contribution in [0.15, 0.2) is 30.4 Å². The topological polar surface area (TPSA) is 12.0 Å². The molecule has 98 valence electrons. The summed E-state index contributed by atoms with van der Waals surface area (Å²) in [5, 5.41) is 3.51. The van der Waals surface area contributed by atoms with Crippen LogP contribution in [0.1, 0.15) is 29.5 Å². The molecular formula is C16H23NS. The van der Waals surface area contributed by atoms with E-state index >= 15 is 0 Å². The SMILES string of the molecule is C=C(CNC1CC1)CSCc1cc(C)cc(C)c1. The molecule has 1 nitrogen and oxygen atoms in total. The van der Waals surface area contributed by atoms with E-state index in [1.54, 1.807) is 0 Å². The summed E-state index contributed by atoms with van der Waals surface area (Å²) in [4.78, 5) is 0. The molecule has 0 heterocycles. The normalized spacial score (nSPS) is 14.8. The molecule has 18 heavy (non-hydrogen) atoms. The first-order valence-electron chi connectivity index (χ1n) is 6.68. The lowest BCUT2D eigenvalue weighted by atomic mass is 10.1. The summed E-state index contributed by atoms with van der Waals surface area (Å²) in [6.45, 7) is 9.46. The van der Waals surface area contributed by atoms with Gasteiger partial charge >= 0.3 is 0 Å². The molecule has 0 aromatic heterocycles. The molecule has 2 heteroatoms. The van der Waals surface area contributed by atoms with E-state index in [2.05, 4.69) is 43.9 Å². The minimum absolute atomic E-state index is 0.783. The van der Waals surface area contributed by atoms with Crippen molar-refractivity contribution < 1.29 is 0 Å². The van der Waals surface area contributed by atoms with Gasteiger partial charge in [0.25, 0.3) is 0 Å². The fourth-order valence-corrected chi connectivity index (χ4v) is 2.99. The fourth-order valence-electron chi connectivity index (χ4n) is 2.09. The van der Waals surface area contributed by atoms with E-state index in [1.807, 2.05) is 11.8 Å². The Balaban J connectivity index is 1.68. The highest BCUT2D eigenvalue weighted by Gasteiger charge is 2.19. The van der Waals surface area contributed by atoms with Crippen molar-refractivity contribution in [2.24, 2.45) is 0 Å². The fraction of sp³-hybridized carbons (Fsp3) is 0.500. The largest absolute Gasteiger partial charge is 0.310 e. The minimum Gasteiger partial charge on any atom is -0.310 e. The predicted octanol–water partition coefficient (Wildman–Crippen LogP) is 3.84. The number of thioether (sulfide) groups is 1. The first-order valence-corrected chi connectivity index (χ1v) is 7.84. The Morgan fingerprint density at radius 1 is 1.28 bits per heavy atom. The van der Waals surface area contributed by atoms with Crippen molar-refractivity contribution >= 4 is 11.8 Å². The van der Waals surface area contributed by atoms with Gasteiger partial charge in [0.1, 0.15) is 0 Å². The maximum absolute atomic E-state index is 4.14. The Hall–Kier alpha value is -0.730. The summed E-state index contributed by atoms with van der Waals surface area (Å²) >= 11 is 1.96. The van der Waals surface area contributed by atoms with E-state index in [4.69, 9.17) is 0 Å². The minimum atomic E-state index is 0.783. The van der Waals surface area contributed by atoms with Crippen LogP contribution in [0.2, 0.25) is 0 Å². The predicted molar refractivity (Wildman–Crippen MR) is 82.2 cm³/mol. The number of benzene rings is 1. The molecule has 1 saturated carbocycles. The monoisotopic (exact) mass is 261 g/mol. The second kappa shape index (κ2) is 6.44. The van der Waals surface area contributed by atoms with Crippen LogP contribution in [0.5, 0.6) is 0 Å². The van der Waals surface area contributed by atoms with Crippen LogP contribution < -0.4 is 5.32 Å². The zero-order valence-electron chi connectivity index (χ0n) is 11.5. The van der Waals surface area contributed by atoms with Gasteiger partial charge < -0.3 is 5.32 Å². The average molecular weight is 261 g/mol. The highest BCUT2D eigenvalue weighted by atomic mass is 32.2. The summed E-state index contributed by atoms with van der Waals surface area (Å²) in [5.41, 5.74) is 5.47. The molecule has 1 aliphatic carbocycles. The van der Waals surface area contributed by atoms with Crippen LogP contribution in [-0.4, -0.2) is 18.3 Å². The molecule has 2 rings (SSSR count). The average Bonchev–Trinajstić information content (AvgIpc) is 3.08. The number of aryl methyl sites for hydroxylation is 2. The van der Waals surface area contributed by atoms with Crippen molar-refractivity contribution in [2.75, 3.05) is 12.3 Å². The lowest BCUT2D eigenvalue weighted by molar-refractivity contribution is 0.736. The standard InChI is InChI=1S/C16H23NS/c1-12-6-13(2)8-15(7-12)11-18-10-14(3)9-17-16-4-5-16/h6-8,16-17H,3-5,9-11H2,1-2H3. The van der Waals surface area contributed by atoms with Gasteiger partial charge in [-0.2, -0.15) is 11.8 Å². The van der Waals surface area contributed by atoms with E-state index in [0.29, 0.717) is 0 Å². The smallest absolute Gasteiger partial charge is 0.0187 e. The van der Waals surface area contributed by atoms with Crippen molar-refractivity contribution in [1.29, 1.82) is 0 Å². The van der Waals surface area contributed by atoms with E-state index in [0.717, 1.165) is 24.1 Å². The quantitative estimate of drug-likeness (QED) is 0.748. The van der Waals surface area contributed by atoms with Gasteiger partial charge in [-0.15, -0.1) is 0 Å². The molecule has 1 fully saturated rings. The number of rotatable bonds is 7. The molecule has 0 bridgehead atoms. The van der Waals surface area contributed by atoms with Crippen LogP contribution in [0, 0.1) is 13.8 Å². The zero-order chi connectivity index (χ0) is 13.0. The lowest BCUT2D eigenvalue weighted by Crippen LogP contribution is -2.19. The summed E-state index contributed by atoms with van der Waals surface area (Å²) in [7, 11) is 0. The van der Waals surface area contributed by atoms with Crippen LogP contribution >= 0.6 is 11.8 Å². The van der Waals surface area contributed by atoms with Gasteiger partial charge in [0.2, 0.25) is 0 Å². The molecule has 1 N–H and O–H groups in total. The maximum atomic E-state index is 4.14. The summed E-state index contributed by atoms with van der Waals surface area (Å²) < 4.78 is 0. The van der Waals surface area contributed by atoms with Gasteiger partial charge in [-0.1, -0.05) is 41.5 Å². The molecule has 0 atom stereocenters. The molecule has 0 aliphatic heterocycles. The van der Waals surface area contributed by atoms with Crippen LogP contribution in [-0.2, 0) is 5.75 Å². The van der Waals surface area contributed by atoms with Gasteiger partial charge in [-0.05, 0) is 32.3 Å². The van der Waals surface area contributed by atoms with E-state index in [9.17, 15) is 0 Å². The number of hydrogen-bond donors (Lipinski definition) is 1. The Kier molecular flexibility index (Phi) is 4.90. The van der Waals surface area contributed by atoms with Crippen LogP contribution in [0.4, 0.5) is 0 Å². The van der Waals surface area contributed by atoms with Gasteiger partial charge in [0.05, 0.1) is 0 Å². The first kappa shape index (κ1) is 13.7. The number of hydrogen-bond acceptors (Lipinski definition) is 2. The highest BCUT2D eigenvalue weighted by Crippen LogP contribution is 2.20. The first-order chi connectivity index (χ1) is 8.63. The molecule has 0 saturated heterocycles. The molecule has 0 amide bonds.